The number of nitrogens with one attached hydrogen (secondary N) is 2. The first kappa shape index (κ1) is 24.6. The minimum atomic E-state index is 0. The second kappa shape index (κ2) is 12.2. The third kappa shape index (κ3) is 6.71. The van der Waals surface area contributed by atoms with E-state index in [0.29, 0.717) is 6.54 Å². The van der Waals surface area contributed by atoms with Crippen LogP contribution in [0.25, 0.3) is 0 Å². The van der Waals surface area contributed by atoms with Crippen molar-refractivity contribution in [2.75, 3.05) is 44.3 Å². The summed E-state index contributed by atoms with van der Waals surface area (Å²) < 4.78 is 11.2. The molecule has 1 aromatic carbocycles. The van der Waals surface area contributed by atoms with Crippen molar-refractivity contribution in [3.63, 3.8) is 0 Å². The van der Waals surface area contributed by atoms with Crippen molar-refractivity contribution >= 4 is 35.8 Å². The summed E-state index contributed by atoms with van der Waals surface area (Å²) in [6.45, 7) is 9.77. The van der Waals surface area contributed by atoms with Crippen molar-refractivity contribution in [2.24, 2.45) is 4.99 Å². The Hall–Kier alpha value is -2.07. The zero-order valence-electron chi connectivity index (χ0n) is 19.0. The minimum absolute atomic E-state index is 0. The minimum Gasteiger partial charge on any atom is -0.493 e. The van der Waals surface area contributed by atoms with Crippen LogP contribution in [0.3, 0.4) is 0 Å². The fourth-order valence-corrected chi connectivity index (χ4v) is 3.96. The summed E-state index contributed by atoms with van der Waals surface area (Å²) in [7, 11) is 0. The van der Waals surface area contributed by atoms with E-state index in [0.717, 1.165) is 75.3 Å². The average molecular weight is 551 g/mol. The van der Waals surface area contributed by atoms with Crippen LogP contribution in [0, 0.1) is 0 Å². The van der Waals surface area contributed by atoms with E-state index in [1.54, 1.807) is 0 Å². The van der Waals surface area contributed by atoms with Gasteiger partial charge in [-0.3, -0.25) is 0 Å². The number of rotatable bonds is 7. The van der Waals surface area contributed by atoms with Gasteiger partial charge in [0.1, 0.15) is 11.6 Å². The van der Waals surface area contributed by atoms with E-state index in [9.17, 15) is 0 Å². The maximum absolute atomic E-state index is 5.61. The van der Waals surface area contributed by atoms with Gasteiger partial charge in [-0.1, -0.05) is 18.2 Å². The van der Waals surface area contributed by atoms with Gasteiger partial charge in [0.25, 0.3) is 0 Å². The number of anilines is 1. The molecule has 1 atom stereocenters. The maximum Gasteiger partial charge on any atom is 0.191 e. The third-order valence-electron chi connectivity index (χ3n) is 5.60. The average Bonchev–Trinajstić information content (AvgIpc) is 3.26. The third-order valence-corrected chi connectivity index (χ3v) is 5.60. The molecule has 32 heavy (non-hydrogen) atoms. The molecule has 0 amide bonds. The Labute approximate surface area is 208 Å². The second-order valence-corrected chi connectivity index (χ2v) is 8.06. The molecular weight excluding hydrogens is 517 g/mol. The zero-order chi connectivity index (χ0) is 21.5. The summed E-state index contributed by atoms with van der Waals surface area (Å²) in [6.07, 6.45) is 4.14. The Morgan fingerprint density at radius 1 is 1.19 bits per heavy atom. The Balaban J connectivity index is 0.00000289. The summed E-state index contributed by atoms with van der Waals surface area (Å²) in [5, 5.41) is 6.77. The quantitative estimate of drug-likeness (QED) is 0.313. The van der Waals surface area contributed by atoms with Gasteiger partial charge in [0.2, 0.25) is 0 Å². The lowest BCUT2D eigenvalue weighted by Crippen LogP contribution is -2.41. The van der Waals surface area contributed by atoms with Crippen LogP contribution in [0.4, 0.5) is 5.82 Å². The monoisotopic (exact) mass is 551 g/mol. The number of morpholine rings is 1. The van der Waals surface area contributed by atoms with Crippen molar-refractivity contribution in [3.05, 3.63) is 53.2 Å². The molecule has 1 fully saturated rings. The molecule has 4 rings (SSSR count). The second-order valence-electron chi connectivity index (χ2n) is 8.06. The first-order valence-electron chi connectivity index (χ1n) is 11.3. The van der Waals surface area contributed by atoms with Crippen molar-refractivity contribution in [1.82, 2.24) is 15.6 Å². The van der Waals surface area contributed by atoms with Crippen LogP contribution < -0.4 is 20.3 Å². The Bertz CT molecular complexity index is 890. The number of nitrogens with zero attached hydrogens (tertiary/aromatic N) is 3. The van der Waals surface area contributed by atoms with E-state index >= 15 is 0 Å². The zero-order valence-corrected chi connectivity index (χ0v) is 21.3. The molecule has 2 aliphatic heterocycles. The van der Waals surface area contributed by atoms with Crippen LogP contribution in [-0.4, -0.2) is 56.4 Å². The molecule has 0 aliphatic carbocycles. The van der Waals surface area contributed by atoms with Crippen molar-refractivity contribution in [1.29, 1.82) is 0 Å². The maximum atomic E-state index is 5.61. The predicted molar refractivity (Wildman–Crippen MR) is 139 cm³/mol. The molecule has 0 spiro atoms. The van der Waals surface area contributed by atoms with Gasteiger partial charge in [0.15, 0.2) is 5.96 Å². The molecule has 0 saturated carbocycles. The number of hydrogen-bond acceptors (Lipinski definition) is 5. The topological polar surface area (TPSA) is 71.0 Å². The Kier molecular flexibility index (Phi) is 9.40. The number of pyridine rings is 1. The molecule has 1 saturated heterocycles. The number of benzene rings is 1. The highest BCUT2D eigenvalue weighted by Crippen LogP contribution is 2.25. The number of aliphatic imine (C=N–C) groups is 1. The van der Waals surface area contributed by atoms with Gasteiger partial charge in [-0.25, -0.2) is 9.98 Å². The summed E-state index contributed by atoms with van der Waals surface area (Å²) in [6, 6.07) is 10.7. The molecular formula is C24H34IN5O2. The first-order valence-corrected chi connectivity index (χ1v) is 11.3. The summed E-state index contributed by atoms with van der Waals surface area (Å²) in [4.78, 5) is 11.6. The van der Waals surface area contributed by atoms with Gasteiger partial charge in [-0.2, -0.15) is 0 Å². The fraction of sp³-hybridized carbons (Fsp3) is 0.500. The predicted octanol–water partition coefficient (Wildman–Crippen LogP) is 3.16. The van der Waals surface area contributed by atoms with Crippen LogP contribution in [0.2, 0.25) is 0 Å². The number of aromatic nitrogens is 1. The highest BCUT2D eigenvalue weighted by molar-refractivity contribution is 14.0. The van der Waals surface area contributed by atoms with E-state index in [4.69, 9.17) is 14.5 Å². The smallest absolute Gasteiger partial charge is 0.191 e. The standard InChI is InChI=1S/C24H33N5O2.HI/c1-3-25-24(26-10-8-19-4-6-22-21(14-19)9-12-31-22)28-16-20-5-7-23(27-15-20)29-11-13-30-18(2)17-29;/h4-7,14-15,18H,3,8-13,16-17H2,1-2H3,(H2,25,26,28);1H. The summed E-state index contributed by atoms with van der Waals surface area (Å²) in [5.41, 5.74) is 3.74. The van der Waals surface area contributed by atoms with Crippen LogP contribution in [0.1, 0.15) is 30.5 Å². The highest BCUT2D eigenvalue weighted by Gasteiger charge is 2.17. The van der Waals surface area contributed by atoms with Crippen LogP contribution in [0.15, 0.2) is 41.5 Å². The Morgan fingerprint density at radius 2 is 2.06 bits per heavy atom. The normalized spacial score (nSPS) is 17.9. The van der Waals surface area contributed by atoms with Gasteiger partial charge >= 0.3 is 0 Å². The van der Waals surface area contributed by atoms with Gasteiger partial charge in [-0.15, -0.1) is 24.0 Å². The van der Waals surface area contributed by atoms with Crippen LogP contribution >= 0.6 is 24.0 Å². The van der Waals surface area contributed by atoms with E-state index in [1.807, 2.05) is 6.20 Å². The molecule has 7 nitrogen and oxygen atoms in total. The Morgan fingerprint density at radius 3 is 2.84 bits per heavy atom. The molecule has 174 valence electrons. The van der Waals surface area contributed by atoms with Gasteiger partial charge < -0.3 is 25.0 Å². The van der Waals surface area contributed by atoms with Crippen molar-refractivity contribution in [2.45, 2.75) is 39.3 Å². The van der Waals surface area contributed by atoms with E-state index in [2.05, 4.69) is 64.7 Å². The molecule has 0 bridgehead atoms. The molecule has 1 aromatic heterocycles. The number of ether oxygens (including phenoxy) is 2. The van der Waals surface area contributed by atoms with Gasteiger partial charge in [-0.05, 0) is 49.1 Å². The van der Waals surface area contributed by atoms with Crippen LogP contribution in [-0.2, 0) is 24.1 Å². The lowest BCUT2D eigenvalue weighted by molar-refractivity contribution is 0.0529. The number of halogens is 1. The lowest BCUT2D eigenvalue weighted by atomic mass is 10.1. The number of fused-ring (bicyclic) bond motifs is 1. The molecule has 0 radical (unpaired) electrons. The van der Waals surface area contributed by atoms with Crippen LogP contribution in [0.5, 0.6) is 5.75 Å². The SMILES string of the molecule is CCNC(=NCc1ccc(N2CCOC(C)C2)nc1)NCCc1ccc2c(c1)CCO2.I. The number of guanidine groups is 1. The van der Waals surface area contributed by atoms with Gasteiger partial charge in [0.05, 0.1) is 25.9 Å². The molecule has 2 aromatic rings. The fourth-order valence-electron chi connectivity index (χ4n) is 3.96. The van der Waals surface area contributed by atoms with E-state index in [-0.39, 0.29) is 30.1 Å². The first-order chi connectivity index (χ1) is 15.2. The molecule has 2 aliphatic rings. The summed E-state index contributed by atoms with van der Waals surface area (Å²) in [5.74, 6) is 2.88. The lowest BCUT2D eigenvalue weighted by Gasteiger charge is -2.32. The van der Waals surface area contributed by atoms with Crippen molar-refractivity contribution in [3.8, 4) is 5.75 Å². The highest BCUT2D eigenvalue weighted by atomic mass is 127. The van der Waals surface area contributed by atoms with Crippen molar-refractivity contribution < 1.29 is 9.47 Å². The number of hydrogen-bond donors (Lipinski definition) is 2. The van der Waals surface area contributed by atoms with E-state index < -0.39 is 0 Å². The van der Waals surface area contributed by atoms with Gasteiger partial charge in [0, 0.05) is 38.8 Å². The molecule has 2 N–H and O–H groups in total. The molecule has 3 heterocycles. The molecule has 1 unspecified atom stereocenters. The largest absolute Gasteiger partial charge is 0.493 e. The van der Waals surface area contributed by atoms with E-state index in [1.165, 1.54) is 11.1 Å². The molecule has 8 heteroatoms. The summed E-state index contributed by atoms with van der Waals surface area (Å²) >= 11 is 0.